The van der Waals surface area contributed by atoms with Crippen molar-refractivity contribution in [2.75, 3.05) is 39.6 Å². The number of carbonyl (C=O) groups excluding carboxylic acids is 4. The fourth-order valence-electron chi connectivity index (χ4n) is 13.1. The second-order valence-corrected chi connectivity index (χ2v) is 34.0. The number of phosphoric acid groups is 2. The van der Waals surface area contributed by atoms with Crippen LogP contribution >= 0.6 is 15.6 Å². The van der Waals surface area contributed by atoms with Crippen LogP contribution in [0.3, 0.4) is 0 Å². The Morgan fingerprint density at radius 2 is 0.509 bits per heavy atom. The second kappa shape index (κ2) is 79.2. The van der Waals surface area contributed by atoms with Crippen molar-refractivity contribution in [3.63, 3.8) is 0 Å². The number of carbonyl (C=O) groups is 4. The number of rotatable bonds is 85. The molecule has 0 aliphatic carbocycles. The predicted molar refractivity (Wildman–Crippen MR) is 437 cm³/mol. The van der Waals surface area contributed by atoms with Crippen LogP contribution in [-0.2, 0) is 65.4 Å². The van der Waals surface area contributed by atoms with Crippen molar-refractivity contribution in [3.05, 3.63) is 24.3 Å². The van der Waals surface area contributed by atoms with Crippen molar-refractivity contribution in [3.8, 4) is 0 Å². The Morgan fingerprint density at radius 3 is 0.774 bits per heavy atom. The highest BCUT2D eigenvalue weighted by Crippen LogP contribution is 2.45. The number of hydrogen-bond acceptors (Lipinski definition) is 15. The summed E-state index contributed by atoms with van der Waals surface area (Å²) >= 11 is 0. The lowest BCUT2D eigenvalue weighted by Gasteiger charge is -2.21. The molecule has 0 radical (unpaired) electrons. The highest BCUT2D eigenvalue weighted by molar-refractivity contribution is 7.47. The van der Waals surface area contributed by atoms with E-state index in [-0.39, 0.29) is 25.7 Å². The summed E-state index contributed by atoms with van der Waals surface area (Å²) in [4.78, 5) is 73.2. The van der Waals surface area contributed by atoms with Gasteiger partial charge in [-0.25, -0.2) is 9.13 Å². The first kappa shape index (κ1) is 104. The number of unbranched alkanes of at least 4 members (excludes halogenated alkanes) is 54. The molecule has 626 valence electrons. The van der Waals surface area contributed by atoms with E-state index in [1.165, 1.54) is 257 Å². The summed E-state index contributed by atoms with van der Waals surface area (Å²) in [6.07, 6.45) is 75.8. The fraction of sp³-hybridized carbons (Fsp3) is 0.908. The van der Waals surface area contributed by atoms with E-state index in [1.807, 2.05) is 0 Å². The van der Waals surface area contributed by atoms with Gasteiger partial charge in [0.1, 0.15) is 19.3 Å². The molecule has 0 rings (SSSR count). The zero-order chi connectivity index (χ0) is 77.6. The number of esters is 4. The van der Waals surface area contributed by atoms with Crippen molar-refractivity contribution in [1.29, 1.82) is 0 Å². The van der Waals surface area contributed by atoms with Gasteiger partial charge in [0.25, 0.3) is 0 Å². The Labute approximate surface area is 650 Å². The molecule has 0 amide bonds. The smallest absolute Gasteiger partial charge is 0.462 e. The molecule has 17 nitrogen and oxygen atoms in total. The standard InChI is InChI=1S/C87H166O17P2/c1-6-9-12-15-18-21-24-27-29-30-31-32-33-34-35-37-42-48-53-58-63-68-73-87(92)104-83(77-98-85(90)71-66-61-56-51-46-43-38-40-44-49-54-59-64-69-80(4)5)79-102-106(95,96)100-75-81(88)74-99-105(93,94)101-78-82(76-97-84(89)70-65-60-55-50-45-39-26-23-20-17-14-11-8-3)103-86(91)72-67-62-57-52-47-41-36-28-25-22-19-16-13-10-7-2/h22,25,28,36,80-83,88H,6-21,23-24,26-27,29-35,37-79H2,1-5H3,(H,93,94)(H,95,96)/b25-22-,36-28-/t81-,82+,83+/m0/s1. The molecular weight excluding hydrogens is 1380 g/mol. The third-order valence-electron chi connectivity index (χ3n) is 19.9. The lowest BCUT2D eigenvalue weighted by Crippen LogP contribution is -2.30. The molecule has 0 bridgehead atoms. The van der Waals surface area contributed by atoms with E-state index in [1.54, 1.807) is 0 Å². The van der Waals surface area contributed by atoms with Crippen molar-refractivity contribution in [2.24, 2.45) is 5.92 Å². The molecule has 5 atom stereocenters. The van der Waals surface area contributed by atoms with Gasteiger partial charge in [-0.1, -0.05) is 393 Å². The number of ether oxygens (including phenoxy) is 4. The molecule has 106 heavy (non-hydrogen) atoms. The summed E-state index contributed by atoms with van der Waals surface area (Å²) in [7, 11) is -9.94. The van der Waals surface area contributed by atoms with Crippen LogP contribution < -0.4 is 0 Å². The Hall–Kier alpha value is -2.46. The molecule has 0 aromatic carbocycles. The molecule has 0 saturated carbocycles. The van der Waals surface area contributed by atoms with Gasteiger partial charge in [0.05, 0.1) is 26.4 Å². The van der Waals surface area contributed by atoms with Crippen molar-refractivity contribution < 1.29 is 80.2 Å². The van der Waals surface area contributed by atoms with Gasteiger partial charge in [0.2, 0.25) is 0 Å². The molecule has 0 spiro atoms. The monoisotopic (exact) mass is 1550 g/mol. The van der Waals surface area contributed by atoms with E-state index in [0.29, 0.717) is 25.7 Å². The van der Waals surface area contributed by atoms with Gasteiger partial charge in [-0.15, -0.1) is 0 Å². The molecule has 0 heterocycles. The Morgan fingerprint density at radius 1 is 0.292 bits per heavy atom. The highest BCUT2D eigenvalue weighted by Gasteiger charge is 2.30. The number of hydrogen-bond donors (Lipinski definition) is 3. The van der Waals surface area contributed by atoms with Gasteiger partial charge in [0, 0.05) is 25.7 Å². The lowest BCUT2D eigenvalue weighted by molar-refractivity contribution is -0.161. The van der Waals surface area contributed by atoms with Crippen molar-refractivity contribution >= 4 is 39.5 Å². The third kappa shape index (κ3) is 79.6. The Kier molecular flexibility index (Phi) is 77.4. The van der Waals surface area contributed by atoms with Crippen molar-refractivity contribution in [1.82, 2.24) is 0 Å². The first-order valence-electron chi connectivity index (χ1n) is 44.5. The summed E-state index contributed by atoms with van der Waals surface area (Å²) in [5.74, 6) is -1.34. The fourth-order valence-corrected chi connectivity index (χ4v) is 14.7. The normalized spacial score (nSPS) is 13.9. The van der Waals surface area contributed by atoms with Gasteiger partial charge >= 0.3 is 39.5 Å². The van der Waals surface area contributed by atoms with E-state index >= 15 is 0 Å². The maximum absolute atomic E-state index is 13.1. The summed E-state index contributed by atoms with van der Waals surface area (Å²) < 4.78 is 68.9. The van der Waals surface area contributed by atoms with E-state index in [4.69, 9.17) is 37.0 Å². The summed E-state index contributed by atoms with van der Waals surface area (Å²) in [5, 5.41) is 10.7. The van der Waals surface area contributed by atoms with E-state index in [2.05, 4.69) is 58.9 Å². The van der Waals surface area contributed by atoms with Crippen LogP contribution in [0.2, 0.25) is 0 Å². The van der Waals surface area contributed by atoms with Gasteiger partial charge in [-0.3, -0.25) is 37.3 Å². The van der Waals surface area contributed by atoms with E-state index in [0.717, 1.165) is 109 Å². The van der Waals surface area contributed by atoms with E-state index in [9.17, 15) is 43.2 Å². The summed E-state index contributed by atoms with van der Waals surface area (Å²) in [6.45, 7) is 7.32. The minimum Gasteiger partial charge on any atom is -0.462 e. The average molecular weight is 1550 g/mol. The Balaban J connectivity index is 5.27. The van der Waals surface area contributed by atoms with Crippen LogP contribution in [0.15, 0.2) is 24.3 Å². The second-order valence-electron chi connectivity index (χ2n) is 31.1. The molecule has 0 saturated heterocycles. The molecule has 2 unspecified atom stereocenters. The van der Waals surface area contributed by atoms with Gasteiger partial charge < -0.3 is 33.8 Å². The minimum atomic E-state index is -4.97. The number of aliphatic hydroxyl groups is 1. The first-order chi connectivity index (χ1) is 51.5. The first-order valence-corrected chi connectivity index (χ1v) is 47.4. The van der Waals surface area contributed by atoms with Crippen LogP contribution in [0.25, 0.3) is 0 Å². The topological polar surface area (TPSA) is 237 Å². The molecular formula is C87H166O17P2. The number of phosphoric ester groups is 2. The zero-order valence-corrected chi connectivity index (χ0v) is 70.9. The highest BCUT2D eigenvalue weighted by atomic mass is 31.2. The maximum atomic E-state index is 13.1. The largest absolute Gasteiger partial charge is 0.472 e. The summed E-state index contributed by atoms with van der Waals surface area (Å²) in [6, 6.07) is 0. The average Bonchev–Trinajstić information content (AvgIpc) is 0.902. The Bertz CT molecular complexity index is 2110. The molecule has 0 fully saturated rings. The minimum absolute atomic E-state index is 0.0859. The van der Waals surface area contributed by atoms with Gasteiger partial charge in [-0.05, 0) is 57.3 Å². The molecule has 0 aromatic rings. The quantitative estimate of drug-likeness (QED) is 0.0169. The SMILES string of the molecule is CCCCCC/C=C\C=C/CCCCCCCC(=O)O[C@H](COC(=O)CCCCCCCCCCCCCCC)COP(=O)(O)OC[C@H](O)COP(=O)(O)OC[C@@H](COC(=O)CCCCCCCCCCCCCCCC(C)C)OC(=O)CCCCCCCCCCCCCCCCCCCCCCCC. The number of aliphatic hydroxyl groups excluding tert-OH is 1. The molecule has 3 N–H and O–H groups in total. The maximum Gasteiger partial charge on any atom is 0.472 e. The molecule has 0 aliphatic rings. The van der Waals surface area contributed by atoms with Crippen LogP contribution in [0.5, 0.6) is 0 Å². The van der Waals surface area contributed by atoms with Gasteiger partial charge in [-0.2, -0.15) is 0 Å². The van der Waals surface area contributed by atoms with Gasteiger partial charge in [0.15, 0.2) is 12.2 Å². The predicted octanol–water partition coefficient (Wildman–Crippen LogP) is 26.3. The lowest BCUT2D eigenvalue weighted by atomic mass is 10.0. The molecule has 0 aliphatic heterocycles. The van der Waals surface area contributed by atoms with Crippen LogP contribution in [0.1, 0.15) is 446 Å². The van der Waals surface area contributed by atoms with E-state index < -0.39 is 97.5 Å². The molecule has 0 aromatic heterocycles. The summed E-state index contributed by atoms with van der Waals surface area (Å²) in [5.41, 5.74) is 0. The zero-order valence-electron chi connectivity index (χ0n) is 69.1. The van der Waals surface area contributed by atoms with Crippen LogP contribution in [0, 0.1) is 5.92 Å². The van der Waals surface area contributed by atoms with Crippen molar-refractivity contribution in [2.45, 2.75) is 464 Å². The molecule has 19 heteroatoms. The van der Waals surface area contributed by atoms with Crippen LogP contribution in [0.4, 0.5) is 0 Å². The number of allylic oxidation sites excluding steroid dienone is 4. The third-order valence-corrected chi connectivity index (χ3v) is 21.8. The van der Waals surface area contributed by atoms with Crippen LogP contribution in [-0.4, -0.2) is 96.7 Å².